The number of hydrogen-bond acceptors (Lipinski definition) is 5. The molecule has 9 heteroatoms. The van der Waals surface area contributed by atoms with Crippen LogP contribution in [0.15, 0.2) is 12.4 Å². The molecule has 0 aliphatic carbocycles. The van der Waals surface area contributed by atoms with Gasteiger partial charge in [-0.3, -0.25) is 19.0 Å². The zero-order valence-electron chi connectivity index (χ0n) is 11.8. The molecule has 0 unspecified atom stereocenters. The van der Waals surface area contributed by atoms with Crippen molar-refractivity contribution in [1.29, 1.82) is 0 Å². The topological polar surface area (TPSA) is 134 Å². The van der Waals surface area contributed by atoms with Crippen molar-refractivity contribution in [2.75, 3.05) is 11.1 Å². The van der Waals surface area contributed by atoms with Gasteiger partial charge in [-0.15, -0.1) is 0 Å². The maximum atomic E-state index is 12.0. The predicted octanol–water partition coefficient (Wildman–Crippen LogP) is -0.272. The predicted molar refractivity (Wildman–Crippen MR) is 76.4 cm³/mol. The van der Waals surface area contributed by atoms with Gasteiger partial charge in [0.15, 0.2) is 5.69 Å². The molecule has 0 spiro atoms. The third-order valence-electron chi connectivity index (χ3n) is 2.88. The first-order valence-electron chi connectivity index (χ1n) is 6.37. The van der Waals surface area contributed by atoms with Crippen LogP contribution >= 0.6 is 0 Å². The van der Waals surface area contributed by atoms with Crippen LogP contribution in [0.5, 0.6) is 0 Å². The van der Waals surface area contributed by atoms with Gasteiger partial charge in [0.25, 0.3) is 5.91 Å². The van der Waals surface area contributed by atoms with Crippen LogP contribution in [0.3, 0.4) is 0 Å². The molecule has 21 heavy (non-hydrogen) atoms. The highest BCUT2D eigenvalue weighted by Gasteiger charge is 2.16. The minimum absolute atomic E-state index is 0.0203. The summed E-state index contributed by atoms with van der Waals surface area (Å²) >= 11 is 0. The number of carbonyl (C=O) groups is 2. The molecule has 2 heterocycles. The highest BCUT2D eigenvalue weighted by Crippen LogP contribution is 2.13. The second-order valence-corrected chi connectivity index (χ2v) is 4.55. The highest BCUT2D eigenvalue weighted by molar-refractivity contribution is 6.01. The smallest absolute Gasteiger partial charge is 0.271 e. The maximum Gasteiger partial charge on any atom is 0.271 e. The molecule has 0 aliphatic rings. The lowest BCUT2D eigenvalue weighted by atomic mass is 10.3. The third-order valence-corrected chi connectivity index (χ3v) is 2.88. The molecule has 5 N–H and O–H groups in total. The molecule has 0 radical (unpaired) electrons. The second kappa shape index (κ2) is 5.65. The first-order valence-corrected chi connectivity index (χ1v) is 6.37. The summed E-state index contributed by atoms with van der Waals surface area (Å²) < 4.78 is 2.94. The summed E-state index contributed by atoms with van der Waals surface area (Å²) in [5, 5.41) is 10.6. The van der Waals surface area contributed by atoms with Gasteiger partial charge in [-0.2, -0.15) is 10.2 Å². The van der Waals surface area contributed by atoms with E-state index in [4.69, 9.17) is 11.5 Å². The van der Waals surface area contributed by atoms with E-state index < -0.39 is 5.91 Å². The van der Waals surface area contributed by atoms with E-state index in [1.165, 1.54) is 9.36 Å². The van der Waals surface area contributed by atoms with Gasteiger partial charge in [0.1, 0.15) is 12.4 Å². The van der Waals surface area contributed by atoms with Gasteiger partial charge in [-0.05, 0) is 13.8 Å². The highest BCUT2D eigenvalue weighted by atomic mass is 16.2. The molecular formula is C12H17N7O2. The minimum atomic E-state index is -0.698. The number of nitrogens with one attached hydrogen (secondary N) is 1. The van der Waals surface area contributed by atoms with Gasteiger partial charge in [-0.25, -0.2) is 0 Å². The summed E-state index contributed by atoms with van der Waals surface area (Å²) in [5.74, 6) is -0.674. The number of nitrogens with zero attached hydrogens (tertiary/aromatic N) is 4. The largest absolute Gasteiger partial charge is 0.382 e. The van der Waals surface area contributed by atoms with E-state index in [0.29, 0.717) is 12.4 Å². The molecule has 0 fully saturated rings. The fourth-order valence-electron chi connectivity index (χ4n) is 1.81. The molecule has 0 saturated heterocycles. The Hall–Kier alpha value is -2.84. The zero-order valence-corrected chi connectivity index (χ0v) is 11.8. The van der Waals surface area contributed by atoms with E-state index in [-0.39, 0.29) is 23.8 Å². The number of aryl methyl sites for hydroxylation is 2. The molecule has 0 aromatic carbocycles. The van der Waals surface area contributed by atoms with Crippen molar-refractivity contribution in [3.8, 4) is 0 Å². The van der Waals surface area contributed by atoms with E-state index in [1.807, 2.05) is 6.92 Å². The number of carbonyl (C=O) groups excluding carboxylic acids is 2. The maximum absolute atomic E-state index is 12.0. The Morgan fingerprint density at radius 3 is 2.52 bits per heavy atom. The number of primary amides is 1. The lowest BCUT2D eigenvalue weighted by Gasteiger charge is -2.03. The normalized spacial score (nSPS) is 10.6. The molecule has 0 aliphatic heterocycles. The Kier molecular flexibility index (Phi) is 3.92. The summed E-state index contributed by atoms with van der Waals surface area (Å²) in [6.45, 7) is 4.20. The van der Waals surface area contributed by atoms with Gasteiger partial charge in [0, 0.05) is 24.5 Å². The monoisotopic (exact) mass is 291 g/mol. The van der Waals surface area contributed by atoms with Crippen LogP contribution < -0.4 is 16.8 Å². The fraction of sp³-hybridized carbons (Fsp3) is 0.333. The SMILES string of the molecule is CCn1cc(NC(=O)Cn2cc(C)c(N)n2)c(C(N)=O)n1. The number of rotatable bonds is 5. The summed E-state index contributed by atoms with van der Waals surface area (Å²) in [6.07, 6.45) is 3.22. The lowest BCUT2D eigenvalue weighted by molar-refractivity contribution is -0.116. The molecule has 0 atom stereocenters. The Morgan fingerprint density at radius 2 is 2.00 bits per heavy atom. The number of amides is 2. The Bertz CT molecular complexity index is 666. The molecule has 112 valence electrons. The first kappa shape index (κ1) is 14.6. The van der Waals surface area contributed by atoms with Gasteiger partial charge in [-0.1, -0.05) is 0 Å². The second-order valence-electron chi connectivity index (χ2n) is 4.55. The summed E-state index contributed by atoms with van der Waals surface area (Å²) in [5.41, 5.74) is 12.0. The average Bonchev–Trinajstić information content (AvgIpc) is 2.93. The molecular weight excluding hydrogens is 274 g/mol. The van der Waals surface area contributed by atoms with Crippen molar-refractivity contribution < 1.29 is 9.59 Å². The van der Waals surface area contributed by atoms with Crippen LogP contribution in [0.2, 0.25) is 0 Å². The molecule has 2 aromatic heterocycles. The Labute approximate surface area is 120 Å². The van der Waals surface area contributed by atoms with Crippen molar-refractivity contribution in [2.24, 2.45) is 5.73 Å². The molecule has 0 saturated carbocycles. The zero-order chi connectivity index (χ0) is 15.6. The van der Waals surface area contributed by atoms with Crippen LogP contribution in [0.1, 0.15) is 23.0 Å². The van der Waals surface area contributed by atoms with Crippen molar-refractivity contribution in [3.05, 3.63) is 23.7 Å². The van der Waals surface area contributed by atoms with Gasteiger partial charge < -0.3 is 16.8 Å². The number of nitrogen functional groups attached to an aromatic ring is 1. The Balaban J connectivity index is 2.12. The van der Waals surface area contributed by atoms with Crippen LogP contribution in [-0.2, 0) is 17.9 Å². The van der Waals surface area contributed by atoms with Crippen LogP contribution in [-0.4, -0.2) is 31.4 Å². The first-order chi connectivity index (χ1) is 9.90. The summed E-state index contributed by atoms with van der Waals surface area (Å²) in [7, 11) is 0. The summed E-state index contributed by atoms with van der Waals surface area (Å²) in [4.78, 5) is 23.3. The minimum Gasteiger partial charge on any atom is -0.382 e. The van der Waals surface area contributed by atoms with Crippen molar-refractivity contribution in [1.82, 2.24) is 19.6 Å². The molecule has 9 nitrogen and oxygen atoms in total. The third kappa shape index (κ3) is 3.19. The average molecular weight is 291 g/mol. The van der Waals surface area contributed by atoms with Crippen LogP contribution in [0.25, 0.3) is 0 Å². The molecule has 0 bridgehead atoms. The van der Waals surface area contributed by atoms with Crippen LogP contribution in [0, 0.1) is 6.92 Å². The quantitative estimate of drug-likeness (QED) is 0.697. The van der Waals surface area contributed by atoms with E-state index in [9.17, 15) is 9.59 Å². The molecule has 2 aromatic rings. The lowest BCUT2D eigenvalue weighted by Crippen LogP contribution is -2.21. The van der Waals surface area contributed by atoms with E-state index >= 15 is 0 Å². The number of nitrogens with two attached hydrogens (primary N) is 2. The summed E-state index contributed by atoms with van der Waals surface area (Å²) in [6, 6.07) is 0. The van der Waals surface area contributed by atoms with E-state index in [2.05, 4.69) is 15.5 Å². The Morgan fingerprint density at radius 1 is 1.29 bits per heavy atom. The molecule has 2 rings (SSSR count). The van der Waals surface area contributed by atoms with Crippen molar-refractivity contribution >= 4 is 23.3 Å². The van der Waals surface area contributed by atoms with Crippen molar-refractivity contribution in [3.63, 3.8) is 0 Å². The van der Waals surface area contributed by atoms with E-state index in [0.717, 1.165) is 5.56 Å². The van der Waals surface area contributed by atoms with Gasteiger partial charge in [0.2, 0.25) is 5.91 Å². The van der Waals surface area contributed by atoms with Gasteiger partial charge >= 0.3 is 0 Å². The van der Waals surface area contributed by atoms with Gasteiger partial charge in [0.05, 0.1) is 5.69 Å². The molecule has 2 amide bonds. The standard InChI is InChI=1S/C12H17N7O2/c1-3-18-5-8(10(16-18)12(14)21)15-9(20)6-19-4-7(2)11(13)17-19/h4-5H,3,6H2,1-2H3,(H2,13,17)(H2,14,21)(H,15,20). The fourth-order valence-corrected chi connectivity index (χ4v) is 1.81. The van der Waals surface area contributed by atoms with Crippen molar-refractivity contribution in [2.45, 2.75) is 26.9 Å². The number of anilines is 2. The number of hydrogen-bond donors (Lipinski definition) is 3. The van der Waals surface area contributed by atoms with E-state index in [1.54, 1.807) is 19.3 Å². The number of aromatic nitrogens is 4. The van der Waals surface area contributed by atoms with Crippen LogP contribution in [0.4, 0.5) is 11.5 Å².